The van der Waals surface area contributed by atoms with Gasteiger partial charge in [-0.25, -0.2) is 4.39 Å². The fraction of sp³-hybridized carbons (Fsp3) is 0.160. The molecule has 0 bridgehead atoms. The lowest BCUT2D eigenvalue weighted by atomic mass is 10.1. The van der Waals surface area contributed by atoms with E-state index in [1.807, 2.05) is 18.2 Å². The Balaban J connectivity index is 1.54. The molecule has 0 saturated carbocycles. The first-order chi connectivity index (χ1) is 15.5. The van der Waals surface area contributed by atoms with Crippen molar-refractivity contribution in [2.45, 2.75) is 6.42 Å². The number of nitrogens with zero attached hydrogens (tertiary/aromatic N) is 3. The summed E-state index contributed by atoms with van der Waals surface area (Å²) in [6.45, 7) is 0.807. The molecular formula is C25H22FN3O3. The van der Waals surface area contributed by atoms with E-state index in [2.05, 4.69) is 5.10 Å². The molecule has 0 spiro atoms. The van der Waals surface area contributed by atoms with Crippen molar-refractivity contribution in [3.8, 4) is 11.4 Å². The molecule has 1 heterocycles. The molecule has 6 nitrogen and oxygen atoms in total. The van der Waals surface area contributed by atoms with Crippen LogP contribution in [0.2, 0.25) is 0 Å². The molecule has 7 heteroatoms. The number of aromatic nitrogens is 2. The molecule has 4 rings (SSSR count). The summed E-state index contributed by atoms with van der Waals surface area (Å²) in [5.74, 6) is -0.0325. The lowest BCUT2D eigenvalue weighted by Crippen LogP contribution is -2.32. The molecule has 0 N–H and O–H groups in total. The summed E-state index contributed by atoms with van der Waals surface area (Å²) in [6.07, 6.45) is 0.579. The van der Waals surface area contributed by atoms with Crippen molar-refractivity contribution in [1.29, 1.82) is 0 Å². The molecule has 0 aliphatic carbocycles. The van der Waals surface area contributed by atoms with Crippen molar-refractivity contribution < 1.29 is 13.9 Å². The van der Waals surface area contributed by atoms with Gasteiger partial charge in [-0.2, -0.15) is 9.78 Å². The monoisotopic (exact) mass is 431 g/mol. The topological polar surface area (TPSA) is 64.4 Å². The van der Waals surface area contributed by atoms with Gasteiger partial charge >= 0.3 is 0 Å². The summed E-state index contributed by atoms with van der Waals surface area (Å²) in [4.78, 5) is 27.8. The van der Waals surface area contributed by atoms with E-state index in [1.54, 1.807) is 60.5 Å². The third-order valence-corrected chi connectivity index (χ3v) is 5.08. The lowest BCUT2D eigenvalue weighted by Gasteiger charge is -2.18. The SMILES string of the molecule is CN(CCCOc1ccc(F)cc1)C(=O)c1nn(-c2ccccc2)c(=O)c2ccccc12. The van der Waals surface area contributed by atoms with Crippen LogP contribution in [0.4, 0.5) is 4.39 Å². The fourth-order valence-corrected chi connectivity index (χ4v) is 3.40. The molecule has 0 fully saturated rings. The van der Waals surface area contributed by atoms with E-state index in [9.17, 15) is 14.0 Å². The second-order valence-corrected chi connectivity index (χ2v) is 7.33. The maximum atomic E-state index is 13.2. The van der Waals surface area contributed by atoms with Gasteiger partial charge in [-0.3, -0.25) is 9.59 Å². The molecule has 162 valence electrons. The van der Waals surface area contributed by atoms with E-state index < -0.39 is 0 Å². The number of amides is 1. The van der Waals surface area contributed by atoms with Crippen LogP contribution in [-0.2, 0) is 0 Å². The smallest absolute Gasteiger partial charge is 0.279 e. The van der Waals surface area contributed by atoms with Crippen LogP contribution >= 0.6 is 0 Å². The fourth-order valence-electron chi connectivity index (χ4n) is 3.40. The van der Waals surface area contributed by atoms with Gasteiger partial charge in [0.2, 0.25) is 0 Å². The Hall–Kier alpha value is -4.00. The van der Waals surface area contributed by atoms with Gasteiger partial charge in [-0.15, -0.1) is 0 Å². The normalized spacial score (nSPS) is 10.8. The van der Waals surface area contributed by atoms with Crippen LogP contribution in [0.1, 0.15) is 16.9 Å². The minimum atomic E-state index is -0.320. The largest absolute Gasteiger partial charge is 0.494 e. The van der Waals surface area contributed by atoms with E-state index in [4.69, 9.17) is 4.74 Å². The second-order valence-electron chi connectivity index (χ2n) is 7.33. The van der Waals surface area contributed by atoms with Gasteiger partial charge in [0.25, 0.3) is 11.5 Å². The summed E-state index contributed by atoms with van der Waals surface area (Å²) in [7, 11) is 1.69. The molecular weight excluding hydrogens is 409 g/mol. The number of carbonyl (C=O) groups excluding carboxylic acids is 1. The molecule has 0 saturated heterocycles. The van der Waals surface area contributed by atoms with Gasteiger partial charge in [0, 0.05) is 19.0 Å². The molecule has 4 aromatic rings. The van der Waals surface area contributed by atoms with Gasteiger partial charge in [0.05, 0.1) is 17.7 Å². The number of hydrogen-bond acceptors (Lipinski definition) is 4. The Morgan fingerprint density at radius 2 is 1.62 bits per heavy atom. The van der Waals surface area contributed by atoms with Crippen molar-refractivity contribution in [2.75, 3.05) is 20.2 Å². The highest BCUT2D eigenvalue weighted by Crippen LogP contribution is 2.17. The van der Waals surface area contributed by atoms with Crippen molar-refractivity contribution >= 4 is 16.7 Å². The van der Waals surface area contributed by atoms with E-state index in [1.165, 1.54) is 16.8 Å². The molecule has 1 aromatic heterocycles. The number of carbonyl (C=O) groups is 1. The Morgan fingerprint density at radius 1 is 0.969 bits per heavy atom. The summed E-state index contributed by atoms with van der Waals surface area (Å²) in [5.41, 5.74) is 0.525. The van der Waals surface area contributed by atoms with Gasteiger partial charge in [-0.05, 0) is 48.9 Å². The summed E-state index contributed by atoms with van der Waals surface area (Å²) < 4.78 is 19.8. The van der Waals surface area contributed by atoms with E-state index in [-0.39, 0.29) is 23.0 Å². The first kappa shape index (κ1) is 21.2. The van der Waals surface area contributed by atoms with E-state index >= 15 is 0 Å². The molecule has 0 aliphatic rings. The molecule has 32 heavy (non-hydrogen) atoms. The van der Waals surface area contributed by atoms with Gasteiger partial charge in [-0.1, -0.05) is 36.4 Å². The van der Waals surface area contributed by atoms with Crippen LogP contribution in [0.25, 0.3) is 16.5 Å². The van der Waals surface area contributed by atoms with Crippen molar-refractivity contribution in [3.05, 3.63) is 101 Å². The first-order valence-electron chi connectivity index (χ1n) is 10.3. The molecule has 0 radical (unpaired) electrons. The highest BCUT2D eigenvalue weighted by Gasteiger charge is 2.20. The molecule has 0 atom stereocenters. The molecule has 0 aliphatic heterocycles. The van der Waals surface area contributed by atoms with Crippen LogP contribution < -0.4 is 10.3 Å². The van der Waals surface area contributed by atoms with Crippen molar-refractivity contribution in [1.82, 2.24) is 14.7 Å². The number of ether oxygens (including phenoxy) is 1. The maximum Gasteiger partial charge on any atom is 0.279 e. The summed E-state index contributed by atoms with van der Waals surface area (Å²) in [5, 5.41) is 5.37. The third-order valence-electron chi connectivity index (χ3n) is 5.08. The number of halogens is 1. The average Bonchev–Trinajstić information content (AvgIpc) is 2.83. The number of benzene rings is 3. The first-order valence-corrected chi connectivity index (χ1v) is 10.3. The third kappa shape index (κ3) is 4.51. The number of hydrogen-bond donors (Lipinski definition) is 0. The Morgan fingerprint density at radius 3 is 2.34 bits per heavy atom. The number of rotatable bonds is 7. The number of fused-ring (bicyclic) bond motifs is 1. The highest BCUT2D eigenvalue weighted by molar-refractivity contribution is 6.04. The Bertz CT molecular complexity index is 1290. The molecule has 3 aromatic carbocycles. The quantitative estimate of drug-likeness (QED) is 0.414. The van der Waals surface area contributed by atoms with Crippen LogP contribution in [0.3, 0.4) is 0 Å². The standard InChI is InChI=1S/C25H22FN3O3/c1-28(16-7-17-32-20-14-12-18(26)13-15-20)25(31)23-21-10-5-6-11-22(21)24(30)29(27-23)19-8-3-2-4-9-19/h2-6,8-15H,7,16-17H2,1H3. The zero-order chi connectivity index (χ0) is 22.5. The van der Waals surface area contributed by atoms with E-state index in [0.29, 0.717) is 41.8 Å². The Labute approximate surface area is 184 Å². The van der Waals surface area contributed by atoms with Crippen LogP contribution in [0.15, 0.2) is 83.7 Å². The van der Waals surface area contributed by atoms with Crippen LogP contribution in [-0.4, -0.2) is 40.8 Å². The maximum absolute atomic E-state index is 13.2. The van der Waals surface area contributed by atoms with Crippen molar-refractivity contribution in [2.24, 2.45) is 0 Å². The molecule has 0 unspecified atom stereocenters. The van der Waals surface area contributed by atoms with Crippen molar-refractivity contribution in [3.63, 3.8) is 0 Å². The summed E-state index contributed by atoms with van der Waals surface area (Å²) >= 11 is 0. The van der Waals surface area contributed by atoms with Crippen LogP contribution in [0, 0.1) is 5.82 Å². The predicted molar refractivity (Wildman–Crippen MR) is 121 cm³/mol. The minimum Gasteiger partial charge on any atom is -0.494 e. The van der Waals surface area contributed by atoms with Gasteiger partial charge in [0.15, 0.2) is 5.69 Å². The van der Waals surface area contributed by atoms with Gasteiger partial charge < -0.3 is 9.64 Å². The summed E-state index contributed by atoms with van der Waals surface area (Å²) in [6, 6.07) is 21.8. The van der Waals surface area contributed by atoms with Gasteiger partial charge in [0.1, 0.15) is 11.6 Å². The second kappa shape index (κ2) is 9.43. The molecule has 1 amide bonds. The zero-order valence-electron chi connectivity index (χ0n) is 17.6. The average molecular weight is 431 g/mol. The van der Waals surface area contributed by atoms with E-state index in [0.717, 1.165) is 0 Å². The predicted octanol–water partition coefficient (Wildman–Crippen LogP) is 4.07. The zero-order valence-corrected chi connectivity index (χ0v) is 17.6. The Kier molecular flexibility index (Phi) is 6.26. The lowest BCUT2D eigenvalue weighted by molar-refractivity contribution is 0.0782. The van der Waals surface area contributed by atoms with Crippen LogP contribution in [0.5, 0.6) is 5.75 Å². The number of para-hydroxylation sites is 1. The highest BCUT2D eigenvalue weighted by atomic mass is 19.1. The minimum absolute atomic E-state index is 0.214.